The largest absolute Gasteiger partial charge is 0.464 e. The van der Waals surface area contributed by atoms with Crippen LogP contribution in [0.15, 0.2) is 6.20 Å². The number of ether oxygens (including phenoxy) is 1. The van der Waals surface area contributed by atoms with Crippen LogP contribution in [0, 0.1) is 0 Å². The van der Waals surface area contributed by atoms with Crippen molar-refractivity contribution in [1.82, 2.24) is 41.2 Å². The summed E-state index contributed by atoms with van der Waals surface area (Å²) in [6, 6.07) is -0.776. The molecule has 33 heavy (non-hydrogen) atoms. The molecule has 4 N–H and O–H groups in total. The van der Waals surface area contributed by atoms with Gasteiger partial charge in [-0.2, -0.15) is 12.6 Å². The molecule has 1 fully saturated rings. The van der Waals surface area contributed by atoms with E-state index in [0.717, 1.165) is 70.9 Å². The van der Waals surface area contributed by atoms with E-state index in [1.807, 2.05) is 0 Å². The molecule has 1 aliphatic heterocycles. The standard InChI is InChI=1S/C20H38N8O3S.Zn/c1-2-31-20(30)18(16-32)24-19(29)15-28-14-17(25-26-28)13-27-11-4-7-22-9-8-21-5-3-6-23-10-12-27;/h14,18,21-23,32H,2-13,15-16H2,1H3,(H,24,29);/t18-;/m0./s1. The minimum absolute atomic E-state index is 0. The SMILES string of the molecule is CCOC(=O)[C@H](CS)NC(=O)Cn1cc(CN2CCCNCCNCCCNCC2)nn1.[Zn]. The van der Waals surface area contributed by atoms with Gasteiger partial charge in [-0.05, 0) is 45.9 Å². The molecule has 0 aliphatic carbocycles. The van der Waals surface area contributed by atoms with Gasteiger partial charge < -0.3 is 26.0 Å². The van der Waals surface area contributed by atoms with Gasteiger partial charge in [0.15, 0.2) is 0 Å². The van der Waals surface area contributed by atoms with Crippen LogP contribution < -0.4 is 21.3 Å². The number of carbonyl (C=O) groups excluding carboxylic acids is 2. The first-order valence-electron chi connectivity index (χ1n) is 11.4. The third kappa shape index (κ3) is 12.8. The van der Waals surface area contributed by atoms with E-state index < -0.39 is 12.0 Å². The van der Waals surface area contributed by atoms with Crippen LogP contribution in [0.2, 0.25) is 0 Å². The van der Waals surface area contributed by atoms with Crippen LogP contribution in [0.1, 0.15) is 25.5 Å². The molecule has 0 unspecified atom stereocenters. The van der Waals surface area contributed by atoms with Crippen LogP contribution in [0.5, 0.6) is 0 Å². The number of carbonyl (C=O) groups is 2. The van der Waals surface area contributed by atoms with E-state index in [0.29, 0.717) is 6.54 Å². The van der Waals surface area contributed by atoms with Gasteiger partial charge in [-0.25, -0.2) is 9.48 Å². The van der Waals surface area contributed by atoms with Crippen LogP contribution in [-0.2, 0) is 46.9 Å². The second kappa shape index (κ2) is 18.3. The van der Waals surface area contributed by atoms with Crippen LogP contribution in [0.25, 0.3) is 0 Å². The number of rotatable bonds is 8. The quantitative estimate of drug-likeness (QED) is 0.155. The van der Waals surface area contributed by atoms with E-state index in [9.17, 15) is 9.59 Å². The summed E-state index contributed by atoms with van der Waals surface area (Å²) in [5, 5.41) is 21.3. The molecule has 1 amide bonds. The fourth-order valence-corrected chi connectivity index (χ4v) is 3.59. The maximum atomic E-state index is 12.3. The van der Waals surface area contributed by atoms with Gasteiger partial charge in [-0.15, -0.1) is 5.10 Å². The van der Waals surface area contributed by atoms with Crippen LogP contribution in [0.3, 0.4) is 0 Å². The first-order chi connectivity index (χ1) is 15.6. The van der Waals surface area contributed by atoms with Gasteiger partial charge in [0, 0.05) is 58.0 Å². The monoisotopic (exact) mass is 534 g/mol. The van der Waals surface area contributed by atoms with Crippen molar-refractivity contribution in [3.05, 3.63) is 11.9 Å². The summed E-state index contributed by atoms with van der Waals surface area (Å²) in [5.74, 6) is -0.658. The Morgan fingerprint density at radius 1 is 1.12 bits per heavy atom. The number of amides is 1. The Hall–Kier alpha value is -1.11. The van der Waals surface area contributed by atoms with Crippen molar-refractivity contribution in [2.45, 2.75) is 38.9 Å². The number of hydrogen-bond donors (Lipinski definition) is 5. The summed E-state index contributed by atoms with van der Waals surface area (Å²) in [5.41, 5.74) is 0.812. The smallest absolute Gasteiger partial charge is 0.329 e. The Balaban J connectivity index is 0.00000544. The number of esters is 1. The molecule has 0 aromatic carbocycles. The minimum atomic E-state index is -0.776. The first-order valence-corrected chi connectivity index (χ1v) is 12.1. The molecular weight excluding hydrogens is 498 g/mol. The van der Waals surface area contributed by atoms with Crippen LogP contribution in [-0.4, -0.2) is 103 Å². The summed E-state index contributed by atoms with van der Waals surface area (Å²) in [6.07, 6.45) is 3.94. The zero-order valence-electron chi connectivity index (χ0n) is 19.7. The molecule has 0 radical (unpaired) electrons. The van der Waals surface area contributed by atoms with E-state index >= 15 is 0 Å². The van der Waals surface area contributed by atoms with E-state index in [1.54, 1.807) is 13.1 Å². The van der Waals surface area contributed by atoms with Crippen molar-refractivity contribution >= 4 is 24.5 Å². The van der Waals surface area contributed by atoms with E-state index in [-0.39, 0.29) is 44.3 Å². The van der Waals surface area contributed by atoms with Gasteiger partial charge >= 0.3 is 5.97 Å². The molecule has 1 saturated heterocycles. The number of nitrogens with zero attached hydrogens (tertiary/aromatic N) is 4. The van der Waals surface area contributed by atoms with Crippen molar-refractivity contribution in [3.63, 3.8) is 0 Å². The Kier molecular flexibility index (Phi) is 16.5. The van der Waals surface area contributed by atoms with Crippen molar-refractivity contribution in [2.75, 3.05) is 64.7 Å². The molecule has 1 aliphatic rings. The van der Waals surface area contributed by atoms with Crippen LogP contribution in [0.4, 0.5) is 0 Å². The Morgan fingerprint density at radius 2 is 1.82 bits per heavy atom. The molecule has 2 rings (SSSR count). The molecule has 0 bridgehead atoms. The van der Waals surface area contributed by atoms with Crippen molar-refractivity contribution in [2.24, 2.45) is 0 Å². The molecule has 2 heterocycles. The van der Waals surface area contributed by atoms with Crippen molar-refractivity contribution in [1.29, 1.82) is 0 Å². The second-order valence-electron chi connectivity index (χ2n) is 7.70. The average Bonchev–Trinajstić information content (AvgIpc) is 3.21. The van der Waals surface area contributed by atoms with Gasteiger partial charge in [-0.1, -0.05) is 5.21 Å². The van der Waals surface area contributed by atoms with Gasteiger partial charge in [-0.3, -0.25) is 9.69 Å². The fourth-order valence-electron chi connectivity index (χ4n) is 3.35. The number of nitrogens with one attached hydrogen (secondary N) is 4. The van der Waals surface area contributed by atoms with Gasteiger partial charge in [0.2, 0.25) is 5.91 Å². The van der Waals surface area contributed by atoms with E-state index in [2.05, 4.69) is 49.1 Å². The molecule has 1 atom stereocenters. The number of aromatic nitrogens is 3. The van der Waals surface area contributed by atoms with Gasteiger partial charge in [0.1, 0.15) is 12.6 Å². The summed E-state index contributed by atoms with van der Waals surface area (Å²) < 4.78 is 6.43. The predicted molar refractivity (Wildman–Crippen MR) is 126 cm³/mol. The van der Waals surface area contributed by atoms with E-state index in [4.69, 9.17) is 4.74 Å². The second-order valence-corrected chi connectivity index (χ2v) is 8.06. The third-order valence-electron chi connectivity index (χ3n) is 4.98. The average molecular weight is 536 g/mol. The minimum Gasteiger partial charge on any atom is -0.464 e. The predicted octanol–water partition coefficient (Wildman–Crippen LogP) is -1.38. The molecule has 1 aromatic heterocycles. The molecule has 0 spiro atoms. The molecule has 0 saturated carbocycles. The molecule has 13 heteroatoms. The first kappa shape index (κ1) is 29.9. The zero-order chi connectivity index (χ0) is 23.0. The van der Waals surface area contributed by atoms with E-state index in [1.165, 1.54) is 4.68 Å². The molecular formula is C20H38N8O3SZn. The number of hydrogen-bond acceptors (Lipinski definition) is 10. The van der Waals surface area contributed by atoms with Crippen LogP contribution >= 0.6 is 12.6 Å². The summed E-state index contributed by atoms with van der Waals surface area (Å²) >= 11 is 4.11. The van der Waals surface area contributed by atoms with Crippen molar-refractivity contribution in [3.8, 4) is 0 Å². The number of thiol groups is 1. The zero-order valence-corrected chi connectivity index (χ0v) is 23.6. The third-order valence-corrected chi connectivity index (χ3v) is 5.35. The molecule has 1 aromatic rings. The van der Waals surface area contributed by atoms with Crippen molar-refractivity contribution < 1.29 is 33.8 Å². The summed E-state index contributed by atoms with van der Waals surface area (Å²) in [6.45, 7) is 10.4. The van der Waals surface area contributed by atoms with Gasteiger partial charge in [0.25, 0.3) is 0 Å². The van der Waals surface area contributed by atoms with Gasteiger partial charge in [0.05, 0.1) is 18.5 Å². The topological polar surface area (TPSA) is 125 Å². The molecule has 11 nitrogen and oxygen atoms in total. The normalized spacial score (nSPS) is 17.9. The summed E-state index contributed by atoms with van der Waals surface area (Å²) in [7, 11) is 0. The fraction of sp³-hybridized carbons (Fsp3) is 0.800. The Bertz CT molecular complexity index is 667. The Morgan fingerprint density at radius 3 is 2.52 bits per heavy atom. The summed E-state index contributed by atoms with van der Waals surface area (Å²) in [4.78, 5) is 26.5. The molecule has 184 valence electrons. The maximum absolute atomic E-state index is 12.3. The Labute approximate surface area is 214 Å². The maximum Gasteiger partial charge on any atom is 0.329 e.